The van der Waals surface area contributed by atoms with E-state index in [1.54, 1.807) is 0 Å². The Labute approximate surface area is 116 Å². The number of nitrogens with two attached hydrogens (primary N) is 1. The van der Waals surface area contributed by atoms with Gasteiger partial charge in [-0.1, -0.05) is 12.1 Å². The van der Waals surface area contributed by atoms with Gasteiger partial charge in [0.15, 0.2) is 17.3 Å². The average Bonchev–Trinajstić information content (AvgIpc) is 2.74. The van der Waals surface area contributed by atoms with E-state index in [1.807, 2.05) is 18.2 Å². The first-order chi connectivity index (χ1) is 9.57. The zero-order valence-corrected chi connectivity index (χ0v) is 11.4. The summed E-state index contributed by atoms with van der Waals surface area (Å²) in [7, 11) is 0. The molecule has 0 saturated carbocycles. The van der Waals surface area contributed by atoms with Crippen molar-refractivity contribution in [1.82, 2.24) is 9.97 Å². The molecule has 1 aliphatic rings. The highest BCUT2D eigenvalue weighted by Gasteiger charge is 2.32. The van der Waals surface area contributed by atoms with Crippen LogP contribution in [0.4, 0.5) is 5.82 Å². The molecule has 0 saturated heterocycles. The molecule has 1 aromatic carbocycles. The number of hydrogen-bond acceptors (Lipinski definition) is 6. The van der Waals surface area contributed by atoms with E-state index in [9.17, 15) is 0 Å². The van der Waals surface area contributed by atoms with Crippen LogP contribution >= 0.6 is 0 Å². The van der Waals surface area contributed by atoms with E-state index < -0.39 is 0 Å². The zero-order chi connectivity index (χ0) is 14.2. The maximum atomic E-state index is 5.94. The topological polar surface area (TPSA) is 82.3 Å². The highest BCUT2D eigenvalue weighted by atomic mass is 16.5. The number of benzene rings is 1. The van der Waals surface area contributed by atoms with E-state index in [-0.39, 0.29) is 5.60 Å². The van der Waals surface area contributed by atoms with Crippen LogP contribution in [0.1, 0.15) is 19.4 Å². The SMILES string of the molecule is CC1(C)Cc2cccc(Oc3cncc(NN)n3)c2O1. The Morgan fingerprint density at radius 1 is 1.35 bits per heavy atom. The summed E-state index contributed by atoms with van der Waals surface area (Å²) in [5.41, 5.74) is 3.35. The Hall–Kier alpha value is -2.34. The van der Waals surface area contributed by atoms with E-state index in [0.717, 1.165) is 17.7 Å². The fourth-order valence-corrected chi connectivity index (χ4v) is 2.25. The Balaban J connectivity index is 1.91. The average molecular weight is 272 g/mol. The molecule has 1 aliphatic heterocycles. The van der Waals surface area contributed by atoms with Crippen molar-refractivity contribution in [2.24, 2.45) is 5.84 Å². The Bertz CT molecular complexity index is 643. The summed E-state index contributed by atoms with van der Waals surface area (Å²) in [6.45, 7) is 4.10. The zero-order valence-electron chi connectivity index (χ0n) is 11.4. The van der Waals surface area contributed by atoms with Gasteiger partial charge in [-0.25, -0.2) is 5.84 Å². The van der Waals surface area contributed by atoms with Crippen LogP contribution in [-0.2, 0) is 6.42 Å². The van der Waals surface area contributed by atoms with Crippen molar-refractivity contribution in [3.8, 4) is 17.4 Å². The highest BCUT2D eigenvalue weighted by Crippen LogP contribution is 2.42. The number of aromatic nitrogens is 2. The number of rotatable bonds is 3. The fraction of sp³-hybridized carbons (Fsp3) is 0.286. The second-order valence-electron chi connectivity index (χ2n) is 5.27. The number of hydrogen-bond donors (Lipinski definition) is 2. The van der Waals surface area contributed by atoms with E-state index in [4.69, 9.17) is 15.3 Å². The molecular formula is C14H16N4O2. The van der Waals surface area contributed by atoms with Gasteiger partial charge in [-0.2, -0.15) is 4.98 Å². The minimum atomic E-state index is -0.214. The number of nitrogens with one attached hydrogen (secondary N) is 1. The molecule has 0 radical (unpaired) electrons. The molecular weight excluding hydrogens is 256 g/mol. The van der Waals surface area contributed by atoms with E-state index in [0.29, 0.717) is 17.4 Å². The lowest BCUT2D eigenvalue weighted by Crippen LogP contribution is -2.24. The van der Waals surface area contributed by atoms with Crippen molar-refractivity contribution in [2.45, 2.75) is 25.9 Å². The molecule has 0 spiro atoms. The van der Waals surface area contributed by atoms with Crippen molar-refractivity contribution >= 4 is 5.82 Å². The number of ether oxygens (including phenoxy) is 2. The molecule has 2 aromatic rings. The van der Waals surface area contributed by atoms with Gasteiger partial charge in [0.25, 0.3) is 0 Å². The third-order valence-electron chi connectivity index (χ3n) is 3.03. The molecule has 20 heavy (non-hydrogen) atoms. The Morgan fingerprint density at radius 3 is 3.00 bits per heavy atom. The first kappa shape index (κ1) is 12.7. The van der Waals surface area contributed by atoms with Crippen molar-refractivity contribution in [3.05, 3.63) is 36.2 Å². The van der Waals surface area contributed by atoms with E-state index in [2.05, 4.69) is 29.2 Å². The summed E-state index contributed by atoms with van der Waals surface area (Å²) < 4.78 is 11.7. The molecule has 0 atom stereocenters. The predicted molar refractivity (Wildman–Crippen MR) is 74.8 cm³/mol. The van der Waals surface area contributed by atoms with Crippen molar-refractivity contribution in [1.29, 1.82) is 0 Å². The lowest BCUT2D eigenvalue weighted by molar-refractivity contribution is 0.135. The molecule has 104 valence electrons. The third-order valence-corrected chi connectivity index (χ3v) is 3.03. The summed E-state index contributed by atoms with van der Waals surface area (Å²) in [6.07, 6.45) is 3.90. The van der Waals surface area contributed by atoms with Gasteiger partial charge < -0.3 is 14.9 Å². The number of hydrazine groups is 1. The van der Waals surface area contributed by atoms with Gasteiger partial charge in [0.2, 0.25) is 5.88 Å². The van der Waals surface area contributed by atoms with Gasteiger partial charge in [0, 0.05) is 12.0 Å². The fourth-order valence-electron chi connectivity index (χ4n) is 2.25. The van der Waals surface area contributed by atoms with E-state index in [1.165, 1.54) is 12.4 Å². The van der Waals surface area contributed by atoms with Crippen molar-refractivity contribution in [3.63, 3.8) is 0 Å². The smallest absolute Gasteiger partial charge is 0.240 e. The maximum absolute atomic E-state index is 5.94. The van der Waals surface area contributed by atoms with Crippen LogP contribution in [0.2, 0.25) is 0 Å². The van der Waals surface area contributed by atoms with Crippen LogP contribution in [-0.4, -0.2) is 15.6 Å². The van der Waals surface area contributed by atoms with Gasteiger partial charge in [-0.05, 0) is 19.9 Å². The largest absolute Gasteiger partial charge is 0.483 e. The molecule has 0 amide bonds. The number of fused-ring (bicyclic) bond motifs is 1. The number of nitrogens with zero attached hydrogens (tertiary/aromatic N) is 2. The van der Waals surface area contributed by atoms with Crippen LogP contribution in [0.25, 0.3) is 0 Å². The first-order valence-corrected chi connectivity index (χ1v) is 6.35. The minimum Gasteiger partial charge on any atom is -0.483 e. The molecule has 0 fully saturated rings. The standard InChI is InChI=1S/C14H16N4O2/c1-14(2)6-9-4-3-5-10(13(9)20-14)19-12-8-16-7-11(17-12)18-15/h3-5,7-8H,6,15H2,1-2H3,(H,17,18). The van der Waals surface area contributed by atoms with Crippen LogP contribution in [0.3, 0.4) is 0 Å². The second kappa shape index (κ2) is 4.64. The monoisotopic (exact) mass is 272 g/mol. The molecule has 2 heterocycles. The van der Waals surface area contributed by atoms with Gasteiger partial charge in [0.05, 0.1) is 12.4 Å². The summed E-state index contributed by atoms with van der Waals surface area (Å²) >= 11 is 0. The molecule has 3 rings (SSSR count). The van der Waals surface area contributed by atoms with Gasteiger partial charge in [0.1, 0.15) is 5.60 Å². The Morgan fingerprint density at radius 2 is 2.20 bits per heavy atom. The lowest BCUT2D eigenvalue weighted by Gasteiger charge is -2.18. The molecule has 3 N–H and O–H groups in total. The van der Waals surface area contributed by atoms with Gasteiger partial charge >= 0.3 is 0 Å². The normalized spacial score (nSPS) is 15.3. The molecule has 6 nitrogen and oxygen atoms in total. The highest BCUT2D eigenvalue weighted by molar-refractivity contribution is 5.51. The first-order valence-electron chi connectivity index (χ1n) is 6.35. The summed E-state index contributed by atoms with van der Waals surface area (Å²) in [6, 6.07) is 5.84. The number of anilines is 1. The van der Waals surface area contributed by atoms with Gasteiger partial charge in [-0.15, -0.1) is 0 Å². The Kier molecular flexibility index (Phi) is 2.94. The minimum absolute atomic E-state index is 0.214. The number of para-hydroxylation sites is 1. The van der Waals surface area contributed by atoms with Crippen molar-refractivity contribution < 1.29 is 9.47 Å². The lowest BCUT2D eigenvalue weighted by atomic mass is 10.0. The quantitative estimate of drug-likeness (QED) is 0.659. The second-order valence-corrected chi connectivity index (χ2v) is 5.27. The third kappa shape index (κ3) is 2.37. The molecule has 0 bridgehead atoms. The molecule has 0 unspecified atom stereocenters. The molecule has 6 heteroatoms. The van der Waals surface area contributed by atoms with Crippen LogP contribution in [0, 0.1) is 0 Å². The summed E-state index contributed by atoms with van der Waals surface area (Å²) in [5.74, 6) is 7.51. The van der Waals surface area contributed by atoms with Crippen LogP contribution in [0.15, 0.2) is 30.6 Å². The predicted octanol–water partition coefficient (Wildman–Crippen LogP) is 2.27. The summed E-state index contributed by atoms with van der Waals surface area (Å²) in [4.78, 5) is 8.17. The number of nitrogen functional groups attached to an aromatic ring is 1. The van der Waals surface area contributed by atoms with Crippen LogP contribution in [0.5, 0.6) is 17.4 Å². The molecule has 1 aromatic heterocycles. The van der Waals surface area contributed by atoms with Gasteiger partial charge in [-0.3, -0.25) is 4.98 Å². The van der Waals surface area contributed by atoms with Crippen molar-refractivity contribution in [2.75, 3.05) is 5.43 Å². The molecule has 0 aliphatic carbocycles. The van der Waals surface area contributed by atoms with Crippen LogP contribution < -0.4 is 20.7 Å². The maximum Gasteiger partial charge on any atom is 0.240 e. The van der Waals surface area contributed by atoms with E-state index >= 15 is 0 Å². The summed E-state index contributed by atoms with van der Waals surface area (Å²) in [5, 5.41) is 0.